The number of fused-ring (bicyclic) bond motifs is 1. The molecule has 0 aliphatic carbocycles. The fourth-order valence-corrected chi connectivity index (χ4v) is 3.49. The first-order valence-electron chi connectivity index (χ1n) is 7.56. The van der Waals surface area contributed by atoms with Crippen LogP contribution in [0.3, 0.4) is 0 Å². The molecular weight excluding hydrogens is 390 g/mol. The number of carbonyl (C=O) groups excluding carboxylic acids is 2. The molecule has 6 heteroatoms. The Morgan fingerprint density at radius 3 is 2.67 bits per heavy atom. The molecule has 0 radical (unpaired) electrons. The summed E-state index contributed by atoms with van der Waals surface area (Å²) in [7, 11) is 0. The van der Waals surface area contributed by atoms with Gasteiger partial charge in [0.1, 0.15) is 0 Å². The summed E-state index contributed by atoms with van der Waals surface area (Å²) in [6, 6.07) is 15.5. The number of amides is 1. The fraction of sp³-hybridized carbons (Fsp3) is 0.222. The zero-order chi connectivity index (χ0) is 16.9. The van der Waals surface area contributed by atoms with Gasteiger partial charge >= 0.3 is 5.97 Å². The standard InChI is InChI=1S/C18H16BrNO3S/c19-14-5-7-15(8-6-14)24-12-18(22)23-11-17(21)20-10-9-13-3-1-2-4-16(13)20/h1-8H,9-12H2. The molecule has 1 heterocycles. The maximum absolute atomic E-state index is 12.3. The van der Waals surface area contributed by atoms with E-state index in [1.165, 1.54) is 11.8 Å². The van der Waals surface area contributed by atoms with Crippen molar-refractivity contribution in [1.29, 1.82) is 0 Å². The van der Waals surface area contributed by atoms with Crippen LogP contribution in [0.4, 0.5) is 5.69 Å². The van der Waals surface area contributed by atoms with E-state index in [4.69, 9.17) is 4.74 Å². The second-order valence-corrected chi connectivity index (χ2v) is 7.29. The van der Waals surface area contributed by atoms with Crippen LogP contribution in [0.1, 0.15) is 5.56 Å². The van der Waals surface area contributed by atoms with Crippen molar-refractivity contribution in [3.8, 4) is 0 Å². The molecule has 124 valence electrons. The molecule has 0 fully saturated rings. The molecule has 2 aromatic carbocycles. The average molecular weight is 406 g/mol. The van der Waals surface area contributed by atoms with Gasteiger partial charge < -0.3 is 9.64 Å². The molecule has 0 saturated carbocycles. The summed E-state index contributed by atoms with van der Waals surface area (Å²) in [6.45, 7) is 0.428. The summed E-state index contributed by atoms with van der Waals surface area (Å²) in [6.07, 6.45) is 0.843. The Kier molecular flexibility index (Phi) is 5.58. The molecule has 1 amide bonds. The number of rotatable bonds is 5. The number of halogens is 1. The van der Waals surface area contributed by atoms with E-state index in [-0.39, 0.29) is 24.2 Å². The van der Waals surface area contributed by atoms with Crippen molar-refractivity contribution in [1.82, 2.24) is 0 Å². The van der Waals surface area contributed by atoms with E-state index in [0.717, 1.165) is 27.0 Å². The van der Waals surface area contributed by atoms with E-state index < -0.39 is 0 Å². The number of para-hydroxylation sites is 1. The van der Waals surface area contributed by atoms with E-state index in [2.05, 4.69) is 15.9 Å². The molecule has 0 unspecified atom stereocenters. The van der Waals surface area contributed by atoms with Crippen LogP contribution in [0.25, 0.3) is 0 Å². The summed E-state index contributed by atoms with van der Waals surface area (Å²) in [5, 5.41) is 0. The molecule has 0 bridgehead atoms. The normalized spacial score (nSPS) is 12.8. The maximum Gasteiger partial charge on any atom is 0.316 e. The van der Waals surface area contributed by atoms with Gasteiger partial charge in [0.05, 0.1) is 5.75 Å². The van der Waals surface area contributed by atoms with E-state index in [1.54, 1.807) is 4.90 Å². The molecular formula is C18H16BrNO3S. The highest BCUT2D eigenvalue weighted by Gasteiger charge is 2.24. The Hall–Kier alpha value is -1.79. The van der Waals surface area contributed by atoms with Crippen molar-refractivity contribution < 1.29 is 14.3 Å². The van der Waals surface area contributed by atoms with E-state index in [0.29, 0.717) is 6.54 Å². The minimum atomic E-state index is -0.385. The predicted molar refractivity (Wildman–Crippen MR) is 98.3 cm³/mol. The second-order valence-electron chi connectivity index (χ2n) is 5.33. The number of ether oxygens (including phenoxy) is 1. The number of nitrogens with zero attached hydrogens (tertiary/aromatic N) is 1. The van der Waals surface area contributed by atoms with Gasteiger partial charge in [-0.2, -0.15) is 0 Å². The zero-order valence-corrected chi connectivity index (χ0v) is 15.3. The van der Waals surface area contributed by atoms with Crippen molar-refractivity contribution in [3.05, 3.63) is 58.6 Å². The highest BCUT2D eigenvalue weighted by molar-refractivity contribution is 9.10. The highest BCUT2D eigenvalue weighted by atomic mass is 79.9. The van der Waals surface area contributed by atoms with Gasteiger partial charge in [0.15, 0.2) is 6.61 Å². The van der Waals surface area contributed by atoms with Crippen LogP contribution in [-0.4, -0.2) is 30.8 Å². The molecule has 2 aromatic rings. The fourth-order valence-electron chi connectivity index (χ4n) is 2.53. The quantitative estimate of drug-likeness (QED) is 0.562. The monoisotopic (exact) mass is 405 g/mol. The van der Waals surface area contributed by atoms with Crippen LogP contribution in [0.5, 0.6) is 0 Å². The minimum Gasteiger partial charge on any atom is -0.455 e. The zero-order valence-electron chi connectivity index (χ0n) is 12.9. The Bertz CT molecular complexity index is 748. The molecule has 0 N–H and O–H groups in total. The van der Waals surface area contributed by atoms with Gasteiger partial charge in [-0.3, -0.25) is 9.59 Å². The predicted octanol–water partition coefficient (Wildman–Crippen LogP) is 3.67. The van der Waals surface area contributed by atoms with Gasteiger partial charge in [-0.15, -0.1) is 11.8 Å². The van der Waals surface area contributed by atoms with Gasteiger partial charge in [0.2, 0.25) is 0 Å². The topological polar surface area (TPSA) is 46.6 Å². The van der Waals surface area contributed by atoms with Gasteiger partial charge in [0.25, 0.3) is 5.91 Å². The van der Waals surface area contributed by atoms with Crippen LogP contribution < -0.4 is 4.90 Å². The highest BCUT2D eigenvalue weighted by Crippen LogP contribution is 2.27. The third-order valence-corrected chi connectivity index (χ3v) is 5.23. The van der Waals surface area contributed by atoms with Crippen molar-refractivity contribution in [2.45, 2.75) is 11.3 Å². The van der Waals surface area contributed by atoms with Crippen LogP contribution in [-0.2, 0) is 20.7 Å². The Labute approximate surface area is 153 Å². The largest absolute Gasteiger partial charge is 0.455 e. The van der Waals surface area contributed by atoms with Gasteiger partial charge in [0, 0.05) is 21.6 Å². The van der Waals surface area contributed by atoms with Crippen LogP contribution in [0, 0.1) is 0 Å². The molecule has 0 spiro atoms. The maximum atomic E-state index is 12.3. The van der Waals surface area contributed by atoms with Gasteiger partial charge in [-0.25, -0.2) is 0 Å². The lowest BCUT2D eigenvalue weighted by Crippen LogP contribution is -2.33. The summed E-state index contributed by atoms with van der Waals surface area (Å²) in [4.78, 5) is 26.8. The number of carbonyl (C=O) groups is 2. The molecule has 1 aliphatic heterocycles. The number of esters is 1. The summed E-state index contributed by atoms with van der Waals surface area (Å²) >= 11 is 4.76. The third kappa shape index (κ3) is 4.19. The van der Waals surface area contributed by atoms with Crippen LogP contribution >= 0.6 is 27.7 Å². The van der Waals surface area contributed by atoms with E-state index >= 15 is 0 Å². The summed E-state index contributed by atoms with van der Waals surface area (Å²) < 4.78 is 6.11. The van der Waals surface area contributed by atoms with Crippen molar-refractivity contribution >= 4 is 45.3 Å². The van der Waals surface area contributed by atoms with E-state index in [9.17, 15) is 9.59 Å². The molecule has 0 saturated heterocycles. The van der Waals surface area contributed by atoms with Gasteiger partial charge in [-0.05, 0) is 42.3 Å². The minimum absolute atomic E-state index is 0.179. The number of anilines is 1. The lowest BCUT2D eigenvalue weighted by Gasteiger charge is -2.17. The molecule has 24 heavy (non-hydrogen) atoms. The number of hydrogen-bond acceptors (Lipinski definition) is 4. The lowest BCUT2D eigenvalue weighted by molar-refractivity contribution is -0.145. The molecule has 4 nitrogen and oxygen atoms in total. The van der Waals surface area contributed by atoms with E-state index in [1.807, 2.05) is 48.5 Å². The Balaban J connectivity index is 1.46. The first-order chi connectivity index (χ1) is 11.6. The smallest absolute Gasteiger partial charge is 0.316 e. The van der Waals surface area contributed by atoms with Crippen molar-refractivity contribution in [2.75, 3.05) is 23.8 Å². The van der Waals surface area contributed by atoms with Crippen LogP contribution in [0.2, 0.25) is 0 Å². The molecule has 1 aliphatic rings. The van der Waals surface area contributed by atoms with Crippen LogP contribution in [0.15, 0.2) is 57.9 Å². The third-order valence-electron chi connectivity index (χ3n) is 3.72. The summed E-state index contributed by atoms with van der Waals surface area (Å²) in [5.41, 5.74) is 2.07. The summed E-state index contributed by atoms with van der Waals surface area (Å²) in [5.74, 6) is -0.378. The second kappa shape index (κ2) is 7.85. The molecule has 0 atom stereocenters. The molecule has 0 aromatic heterocycles. The molecule has 3 rings (SSSR count). The lowest BCUT2D eigenvalue weighted by atomic mass is 10.2. The van der Waals surface area contributed by atoms with Crippen molar-refractivity contribution in [3.63, 3.8) is 0 Å². The SMILES string of the molecule is O=C(CSc1ccc(Br)cc1)OCC(=O)N1CCc2ccccc21. The van der Waals surface area contributed by atoms with Crippen molar-refractivity contribution in [2.24, 2.45) is 0 Å². The number of hydrogen-bond donors (Lipinski definition) is 0. The Morgan fingerprint density at radius 2 is 1.88 bits per heavy atom. The number of thioether (sulfide) groups is 1. The Morgan fingerprint density at radius 1 is 1.12 bits per heavy atom. The first kappa shape index (κ1) is 17.0. The average Bonchev–Trinajstić information content (AvgIpc) is 3.03. The van der Waals surface area contributed by atoms with Gasteiger partial charge in [-0.1, -0.05) is 34.1 Å². The number of benzene rings is 2. The first-order valence-corrected chi connectivity index (χ1v) is 9.33.